The Labute approximate surface area is 338 Å². The van der Waals surface area contributed by atoms with Gasteiger partial charge in [-0.15, -0.1) is 0 Å². The van der Waals surface area contributed by atoms with Gasteiger partial charge >= 0.3 is 0 Å². The monoisotopic (exact) mass is 756 g/mol. The molecule has 0 bridgehead atoms. The van der Waals surface area contributed by atoms with Crippen LogP contribution in [0.1, 0.15) is 0 Å². The van der Waals surface area contributed by atoms with Crippen LogP contribution in [0.5, 0.6) is 11.5 Å². The highest BCUT2D eigenvalue weighted by Gasteiger charge is 2.28. The van der Waals surface area contributed by atoms with E-state index in [1.165, 1.54) is 16.3 Å². The zero-order chi connectivity index (χ0) is 38.6. The van der Waals surface area contributed by atoms with Crippen molar-refractivity contribution in [1.82, 2.24) is 4.57 Å². The third kappa shape index (κ3) is 4.79. The molecule has 0 saturated carbocycles. The fourth-order valence-electron chi connectivity index (χ4n) is 9.26. The molecule has 1 aliphatic heterocycles. The van der Waals surface area contributed by atoms with Gasteiger partial charge in [-0.05, 0) is 101 Å². The topological polar surface area (TPSA) is 43.7 Å². The maximum absolute atomic E-state index is 6.67. The van der Waals surface area contributed by atoms with Gasteiger partial charge < -0.3 is 18.1 Å². The first-order valence-electron chi connectivity index (χ1n) is 19.9. The first-order chi connectivity index (χ1) is 29.2. The second kappa shape index (κ2) is 12.2. The Morgan fingerprint density at radius 3 is 1.81 bits per heavy atom. The number of furan rings is 2. The summed E-state index contributed by atoms with van der Waals surface area (Å²) >= 11 is 0. The standard InChI is InChI=1S/C54H32N2O3/c1-4-17-44-38(13-1)39-26-23-35(30-48(39)55(44)37-25-28-51-43(32-37)41-15-3-6-20-49(41)57-51)33-11-9-12-34(29-33)36-24-27-46-53(31-36)58-52-22-8-5-18-45(52)56(46)47-19-10-16-42-40-14-2-7-21-50(40)59-54(42)47/h1-32H. The highest BCUT2D eigenvalue weighted by Crippen LogP contribution is 2.53. The number of hydrogen-bond acceptors (Lipinski definition) is 4. The molecule has 9 aromatic carbocycles. The second-order valence-corrected chi connectivity index (χ2v) is 15.3. The van der Waals surface area contributed by atoms with Crippen LogP contribution >= 0.6 is 0 Å². The van der Waals surface area contributed by atoms with Crippen LogP contribution < -0.4 is 9.64 Å². The predicted octanol–water partition coefficient (Wildman–Crippen LogP) is 15.5. The average Bonchev–Trinajstić information content (AvgIpc) is 3.97. The molecule has 0 saturated heterocycles. The fraction of sp³-hybridized carbons (Fsp3) is 0. The van der Waals surface area contributed by atoms with Crippen molar-refractivity contribution in [3.63, 3.8) is 0 Å². The van der Waals surface area contributed by atoms with Crippen molar-refractivity contribution in [3.05, 3.63) is 194 Å². The van der Waals surface area contributed by atoms with Crippen LogP contribution in [0, 0.1) is 0 Å². The number of hydrogen-bond donors (Lipinski definition) is 0. The maximum atomic E-state index is 6.67. The number of anilines is 3. The summed E-state index contributed by atoms with van der Waals surface area (Å²) in [6.07, 6.45) is 0. The average molecular weight is 757 g/mol. The van der Waals surface area contributed by atoms with E-state index in [9.17, 15) is 0 Å². The first kappa shape index (κ1) is 32.1. The quantitative estimate of drug-likeness (QED) is 0.179. The van der Waals surface area contributed by atoms with Gasteiger partial charge in [0.05, 0.1) is 28.1 Å². The summed E-state index contributed by atoms with van der Waals surface area (Å²) in [6, 6.07) is 68.4. The third-order valence-electron chi connectivity index (χ3n) is 12.0. The summed E-state index contributed by atoms with van der Waals surface area (Å²) in [5.74, 6) is 1.58. The molecule has 0 unspecified atom stereocenters. The molecule has 0 radical (unpaired) electrons. The Morgan fingerprint density at radius 2 is 0.932 bits per heavy atom. The number of rotatable bonds is 4. The van der Waals surface area contributed by atoms with Gasteiger partial charge in [-0.3, -0.25) is 4.90 Å². The largest absolute Gasteiger partial charge is 0.456 e. The van der Waals surface area contributed by atoms with E-state index in [0.717, 1.165) is 106 Å². The number of ether oxygens (including phenoxy) is 1. The van der Waals surface area contributed by atoms with Gasteiger partial charge in [0.1, 0.15) is 16.7 Å². The SMILES string of the molecule is c1cc(-c2ccc3c(c2)Oc2ccccc2N3c2cccc3c2oc2ccccc23)cc(-c2ccc3c4ccccc4n(-c4ccc5oc6ccccc6c5c4)c3c2)c1. The summed E-state index contributed by atoms with van der Waals surface area (Å²) in [5.41, 5.74) is 14.3. The number of para-hydroxylation sites is 6. The molecule has 0 N–H and O–H groups in total. The molecule has 12 aromatic rings. The van der Waals surface area contributed by atoms with E-state index in [0.29, 0.717) is 0 Å². The van der Waals surface area contributed by atoms with E-state index in [4.69, 9.17) is 13.6 Å². The number of aromatic nitrogens is 1. The van der Waals surface area contributed by atoms with E-state index in [2.05, 4.69) is 167 Å². The van der Waals surface area contributed by atoms with Crippen molar-refractivity contribution in [1.29, 1.82) is 0 Å². The highest BCUT2D eigenvalue weighted by molar-refractivity contribution is 6.12. The zero-order valence-corrected chi connectivity index (χ0v) is 31.6. The zero-order valence-electron chi connectivity index (χ0n) is 31.6. The fourth-order valence-corrected chi connectivity index (χ4v) is 9.26. The molecular formula is C54H32N2O3. The molecule has 4 heterocycles. The molecule has 0 amide bonds. The highest BCUT2D eigenvalue weighted by atomic mass is 16.5. The summed E-state index contributed by atoms with van der Waals surface area (Å²) in [5, 5.41) is 6.86. The van der Waals surface area contributed by atoms with Gasteiger partial charge in [-0.25, -0.2) is 0 Å². The van der Waals surface area contributed by atoms with Crippen molar-refractivity contribution >= 4 is 82.7 Å². The minimum Gasteiger partial charge on any atom is -0.456 e. The van der Waals surface area contributed by atoms with Crippen LogP contribution in [0.25, 0.3) is 93.6 Å². The lowest BCUT2D eigenvalue weighted by Gasteiger charge is -2.33. The molecular weight excluding hydrogens is 725 g/mol. The van der Waals surface area contributed by atoms with E-state index < -0.39 is 0 Å². The van der Waals surface area contributed by atoms with Gasteiger partial charge in [0.2, 0.25) is 0 Å². The minimum atomic E-state index is 0.785. The van der Waals surface area contributed by atoms with Gasteiger partial charge in [-0.1, -0.05) is 115 Å². The molecule has 0 aliphatic carbocycles. The molecule has 5 heteroatoms. The molecule has 13 rings (SSSR count). The van der Waals surface area contributed by atoms with E-state index in [1.54, 1.807) is 0 Å². The van der Waals surface area contributed by atoms with Gasteiger partial charge in [-0.2, -0.15) is 0 Å². The summed E-state index contributed by atoms with van der Waals surface area (Å²) in [7, 11) is 0. The number of nitrogens with zero attached hydrogens (tertiary/aromatic N) is 2. The molecule has 276 valence electrons. The van der Waals surface area contributed by atoms with Crippen LogP contribution in [0.2, 0.25) is 0 Å². The minimum absolute atomic E-state index is 0.785. The Hall–Kier alpha value is -8.02. The van der Waals surface area contributed by atoms with Crippen LogP contribution in [0.3, 0.4) is 0 Å². The van der Waals surface area contributed by atoms with E-state index >= 15 is 0 Å². The van der Waals surface area contributed by atoms with E-state index in [1.807, 2.05) is 36.4 Å². The van der Waals surface area contributed by atoms with Crippen LogP contribution in [0.15, 0.2) is 203 Å². The molecule has 59 heavy (non-hydrogen) atoms. The number of benzene rings is 9. The Kier molecular flexibility index (Phi) is 6.66. The molecule has 0 fully saturated rings. The summed E-state index contributed by atoms with van der Waals surface area (Å²) in [6.45, 7) is 0. The van der Waals surface area contributed by atoms with Crippen molar-refractivity contribution in [2.24, 2.45) is 0 Å². The molecule has 1 aliphatic rings. The van der Waals surface area contributed by atoms with Gasteiger partial charge in [0.25, 0.3) is 0 Å². The second-order valence-electron chi connectivity index (χ2n) is 15.3. The molecule has 3 aromatic heterocycles. The number of fused-ring (bicyclic) bond motifs is 11. The van der Waals surface area contributed by atoms with Crippen LogP contribution in [-0.2, 0) is 0 Å². The molecule has 0 atom stereocenters. The Balaban J connectivity index is 0.923. The predicted molar refractivity (Wildman–Crippen MR) is 241 cm³/mol. The van der Waals surface area contributed by atoms with Crippen molar-refractivity contribution in [2.75, 3.05) is 4.90 Å². The summed E-state index contributed by atoms with van der Waals surface area (Å²) in [4.78, 5) is 2.26. The molecule has 0 spiro atoms. The van der Waals surface area contributed by atoms with Crippen molar-refractivity contribution in [3.8, 4) is 39.4 Å². The molecule has 5 nitrogen and oxygen atoms in total. The third-order valence-corrected chi connectivity index (χ3v) is 12.0. The Morgan fingerprint density at radius 1 is 0.322 bits per heavy atom. The maximum Gasteiger partial charge on any atom is 0.159 e. The van der Waals surface area contributed by atoms with Gasteiger partial charge in [0, 0.05) is 38.0 Å². The van der Waals surface area contributed by atoms with Crippen molar-refractivity contribution in [2.45, 2.75) is 0 Å². The first-order valence-corrected chi connectivity index (χ1v) is 19.9. The summed E-state index contributed by atoms with van der Waals surface area (Å²) < 4.78 is 21.8. The normalized spacial score (nSPS) is 12.5. The lowest BCUT2D eigenvalue weighted by atomic mass is 9.97. The van der Waals surface area contributed by atoms with E-state index in [-0.39, 0.29) is 0 Å². The van der Waals surface area contributed by atoms with Crippen LogP contribution in [0.4, 0.5) is 17.1 Å². The lowest BCUT2D eigenvalue weighted by molar-refractivity contribution is 0.477. The smallest absolute Gasteiger partial charge is 0.159 e. The Bertz CT molecular complexity index is 3680. The van der Waals surface area contributed by atoms with Crippen molar-refractivity contribution < 1.29 is 13.6 Å². The van der Waals surface area contributed by atoms with Gasteiger partial charge in [0.15, 0.2) is 17.1 Å². The van der Waals surface area contributed by atoms with Crippen LogP contribution in [-0.4, -0.2) is 4.57 Å². The lowest BCUT2D eigenvalue weighted by Crippen LogP contribution is -2.16.